The zero-order chi connectivity index (χ0) is 20.2. The molecule has 1 aromatic heterocycles. The van der Waals surface area contributed by atoms with Crippen molar-refractivity contribution in [1.82, 2.24) is 14.5 Å². The quantitative estimate of drug-likeness (QED) is 0.651. The van der Waals surface area contributed by atoms with Gasteiger partial charge in [0.25, 0.3) is 5.91 Å². The number of rotatable bonds is 5. The fourth-order valence-electron chi connectivity index (χ4n) is 3.87. The Kier molecular flexibility index (Phi) is 5.60. The van der Waals surface area contributed by atoms with Crippen LogP contribution in [0.25, 0.3) is 5.69 Å². The van der Waals surface area contributed by atoms with E-state index >= 15 is 0 Å². The second kappa shape index (κ2) is 8.47. The first-order valence-electron chi connectivity index (χ1n) is 10.00. The van der Waals surface area contributed by atoms with Crippen molar-refractivity contribution < 1.29 is 9.18 Å². The van der Waals surface area contributed by atoms with E-state index in [4.69, 9.17) is 0 Å². The third-order valence-electron chi connectivity index (χ3n) is 5.40. The molecule has 150 valence electrons. The number of amides is 1. The average molecular weight is 392 g/mol. The van der Waals surface area contributed by atoms with E-state index in [1.54, 1.807) is 41.2 Å². The molecule has 0 atom stereocenters. The molecule has 2 aromatic carbocycles. The van der Waals surface area contributed by atoms with E-state index in [-0.39, 0.29) is 11.7 Å². The van der Waals surface area contributed by atoms with E-state index in [1.807, 2.05) is 6.07 Å². The van der Waals surface area contributed by atoms with Gasteiger partial charge in [0.2, 0.25) is 0 Å². The highest BCUT2D eigenvalue weighted by atomic mass is 19.1. The number of imidazole rings is 1. The molecule has 1 amide bonds. The Morgan fingerprint density at radius 1 is 1.07 bits per heavy atom. The van der Waals surface area contributed by atoms with Crippen molar-refractivity contribution in [3.8, 4) is 5.69 Å². The number of benzene rings is 2. The van der Waals surface area contributed by atoms with E-state index in [0.29, 0.717) is 17.9 Å². The summed E-state index contributed by atoms with van der Waals surface area (Å²) in [5.74, 6) is -0.437. The molecule has 0 aliphatic carbocycles. The lowest BCUT2D eigenvalue weighted by molar-refractivity contribution is 0.0777. The lowest BCUT2D eigenvalue weighted by Crippen LogP contribution is -2.32. The molecule has 2 heterocycles. The highest BCUT2D eigenvalue weighted by molar-refractivity contribution is 5.93. The summed E-state index contributed by atoms with van der Waals surface area (Å²) in [7, 11) is 1.80. The number of nitrogens with zero attached hydrogens (tertiary/aromatic N) is 4. The van der Waals surface area contributed by atoms with E-state index < -0.39 is 0 Å². The number of piperidine rings is 1. The SMILES string of the molecule is CN(Cc1ccccc1N1CCCCC1)C(=O)c1cncn1-c1ccc(F)cc1. The van der Waals surface area contributed by atoms with Crippen LogP contribution in [0.4, 0.5) is 10.1 Å². The minimum atomic E-state index is -0.312. The second-order valence-corrected chi connectivity index (χ2v) is 7.46. The predicted molar refractivity (Wildman–Crippen MR) is 112 cm³/mol. The first kappa shape index (κ1) is 19.2. The van der Waals surface area contributed by atoms with E-state index in [1.165, 1.54) is 37.1 Å². The van der Waals surface area contributed by atoms with Gasteiger partial charge in [-0.2, -0.15) is 0 Å². The lowest BCUT2D eigenvalue weighted by Gasteiger charge is -2.31. The first-order chi connectivity index (χ1) is 14.1. The Labute approximate surface area is 170 Å². The van der Waals surface area contributed by atoms with Gasteiger partial charge in [0, 0.05) is 38.1 Å². The molecule has 0 unspecified atom stereocenters. The Morgan fingerprint density at radius 3 is 2.55 bits per heavy atom. The Morgan fingerprint density at radius 2 is 1.79 bits per heavy atom. The van der Waals surface area contributed by atoms with Gasteiger partial charge in [-0.25, -0.2) is 9.37 Å². The maximum absolute atomic E-state index is 13.2. The van der Waals surface area contributed by atoms with Crippen molar-refractivity contribution in [3.63, 3.8) is 0 Å². The van der Waals surface area contributed by atoms with Crippen LogP contribution in [0.2, 0.25) is 0 Å². The normalized spacial score (nSPS) is 14.1. The van der Waals surface area contributed by atoms with Crippen molar-refractivity contribution in [1.29, 1.82) is 0 Å². The second-order valence-electron chi connectivity index (χ2n) is 7.46. The van der Waals surface area contributed by atoms with Crippen LogP contribution >= 0.6 is 0 Å². The zero-order valence-corrected chi connectivity index (χ0v) is 16.6. The molecule has 6 heteroatoms. The van der Waals surface area contributed by atoms with E-state index in [9.17, 15) is 9.18 Å². The van der Waals surface area contributed by atoms with Gasteiger partial charge in [0.1, 0.15) is 11.5 Å². The van der Waals surface area contributed by atoms with Gasteiger partial charge in [-0.1, -0.05) is 18.2 Å². The minimum absolute atomic E-state index is 0.125. The summed E-state index contributed by atoms with van der Waals surface area (Å²) in [5.41, 5.74) is 3.50. The molecule has 29 heavy (non-hydrogen) atoms. The van der Waals surface area contributed by atoms with Crippen molar-refractivity contribution in [2.24, 2.45) is 0 Å². The van der Waals surface area contributed by atoms with Gasteiger partial charge < -0.3 is 9.80 Å². The van der Waals surface area contributed by atoms with Crippen molar-refractivity contribution in [3.05, 3.63) is 78.1 Å². The van der Waals surface area contributed by atoms with Crippen molar-refractivity contribution in [2.75, 3.05) is 25.0 Å². The number of aromatic nitrogens is 2. The third-order valence-corrected chi connectivity index (χ3v) is 5.40. The molecule has 0 bridgehead atoms. The smallest absolute Gasteiger partial charge is 0.272 e. The van der Waals surface area contributed by atoms with Gasteiger partial charge in [-0.05, 0) is 55.2 Å². The standard InChI is InChI=1S/C23H25FN4O/c1-26(16-18-7-3-4-8-21(18)27-13-5-2-6-14-27)23(29)22-15-25-17-28(22)20-11-9-19(24)10-12-20/h3-4,7-12,15,17H,2,5-6,13-14,16H2,1H3. The van der Waals surface area contributed by atoms with Crippen LogP contribution in [0.3, 0.4) is 0 Å². The molecule has 0 radical (unpaired) electrons. The van der Waals surface area contributed by atoms with Crippen LogP contribution in [0, 0.1) is 5.82 Å². The molecule has 5 nitrogen and oxygen atoms in total. The molecule has 1 fully saturated rings. The van der Waals surface area contributed by atoms with Crippen LogP contribution in [-0.2, 0) is 6.54 Å². The maximum atomic E-state index is 13.2. The number of para-hydroxylation sites is 1. The number of hydrogen-bond acceptors (Lipinski definition) is 3. The summed E-state index contributed by atoms with van der Waals surface area (Å²) in [6.07, 6.45) is 6.83. The summed E-state index contributed by atoms with van der Waals surface area (Å²) in [6, 6.07) is 14.3. The summed E-state index contributed by atoms with van der Waals surface area (Å²) < 4.78 is 14.9. The largest absolute Gasteiger partial charge is 0.371 e. The summed E-state index contributed by atoms with van der Waals surface area (Å²) in [4.78, 5) is 21.4. The van der Waals surface area contributed by atoms with Gasteiger partial charge >= 0.3 is 0 Å². The topological polar surface area (TPSA) is 41.4 Å². The highest BCUT2D eigenvalue weighted by Crippen LogP contribution is 2.25. The van der Waals surface area contributed by atoms with Gasteiger partial charge in [-0.3, -0.25) is 9.36 Å². The van der Waals surface area contributed by atoms with Crippen molar-refractivity contribution >= 4 is 11.6 Å². The molecule has 0 N–H and O–H groups in total. The third kappa shape index (κ3) is 4.16. The van der Waals surface area contributed by atoms with Gasteiger partial charge in [0.05, 0.1) is 12.5 Å². The van der Waals surface area contributed by atoms with Crippen LogP contribution in [0.5, 0.6) is 0 Å². The number of carbonyl (C=O) groups is 1. The predicted octanol–water partition coefficient (Wildman–Crippen LogP) is 4.27. The van der Waals surface area contributed by atoms with Gasteiger partial charge in [0.15, 0.2) is 0 Å². The van der Waals surface area contributed by atoms with Crippen molar-refractivity contribution in [2.45, 2.75) is 25.8 Å². The Hall–Kier alpha value is -3.15. The van der Waals surface area contributed by atoms with Gasteiger partial charge in [-0.15, -0.1) is 0 Å². The molecule has 1 saturated heterocycles. The fraction of sp³-hybridized carbons (Fsp3) is 0.304. The molecule has 4 rings (SSSR count). The molecule has 0 spiro atoms. The first-order valence-corrected chi connectivity index (χ1v) is 10.00. The van der Waals surface area contributed by atoms with Crippen LogP contribution < -0.4 is 4.90 Å². The number of carbonyl (C=O) groups excluding carboxylic acids is 1. The van der Waals surface area contributed by atoms with Crippen LogP contribution in [0.15, 0.2) is 61.1 Å². The number of halogens is 1. The fourth-order valence-corrected chi connectivity index (χ4v) is 3.87. The number of hydrogen-bond donors (Lipinski definition) is 0. The Bertz CT molecular complexity index is 977. The maximum Gasteiger partial charge on any atom is 0.272 e. The summed E-state index contributed by atoms with van der Waals surface area (Å²) in [5, 5.41) is 0. The highest BCUT2D eigenvalue weighted by Gasteiger charge is 2.20. The number of anilines is 1. The molecular weight excluding hydrogens is 367 g/mol. The monoisotopic (exact) mass is 392 g/mol. The summed E-state index contributed by atoms with van der Waals surface area (Å²) >= 11 is 0. The van der Waals surface area contributed by atoms with E-state index in [0.717, 1.165) is 18.7 Å². The molecular formula is C23H25FN4O. The summed E-state index contributed by atoms with van der Waals surface area (Å²) in [6.45, 7) is 2.64. The molecule has 1 aliphatic rings. The molecule has 1 aliphatic heterocycles. The molecule has 0 saturated carbocycles. The zero-order valence-electron chi connectivity index (χ0n) is 16.6. The van der Waals surface area contributed by atoms with Crippen LogP contribution in [-0.4, -0.2) is 40.5 Å². The Balaban J connectivity index is 1.55. The van der Waals surface area contributed by atoms with Crippen LogP contribution in [0.1, 0.15) is 35.3 Å². The van der Waals surface area contributed by atoms with E-state index in [2.05, 4.69) is 28.1 Å². The average Bonchev–Trinajstić information content (AvgIpc) is 3.24. The molecule has 3 aromatic rings. The lowest BCUT2D eigenvalue weighted by atomic mass is 10.1. The minimum Gasteiger partial charge on any atom is -0.371 e.